The van der Waals surface area contributed by atoms with Crippen LogP contribution in [0.4, 0.5) is 0 Å². The van der Waals surface area contributed by atoms with Gasteiger partial charge < -0.3 is 15.3 Å². The highest BCUT2D eigenvalue weighted by molar-refractivity contribution is 9.10. The van der Waals surface area contributed by atoms with Crippen LogP contribution >= 0.6 is 15.9 Å². The molecule has 1 aromatic rings. The highest BCUT2D eigenvalue weighted by atomic mass is 79.9. The van der Waals surface area contributed by atoms with Gasteiger partial charge in [0, 0.05) is 16.0 Å². The fraction of sp³-hybridized carbons (Fsp3) is 0.375. The maximum atomic E-state index is 10.2. The van der Waals surface area contributed by atoms with E-state index >= 15 is 0 Å². The number of rotatable bonds is 2. The van der Waals surface area contributed by atoms with Crippen molar-refractivity contribution in [2.24, 2.45) is 5.92 Å². The quantitative estimate of drug-likeness (QED) is 0.718. The molecule has 1 aliphatic rings. The van der Waals surface area contributed by atoms with Crippen molar-refractivity contribution >= 4 is 15.9 Å². The van der Waals surface area contributed by atoms with Gasteiger partial charge in [0.1, 0.15) is 11.5 Å². The molecule has 4 heteroatoms. The maximum Gasteiger partial charge on any atom is 0.124 e. The van der Waals surface area contributed by atoms with Gasteiger partial charge in [-0.1, -0.05) is 34.2 Å². The van der Waals surface area contributed by atoms with Crippen LogP contribution in [-0.2, 0) is 0 Å². The van der Waals surface area contributed by atoms with E-state index in [1.807, 2.05) is 19.9 Å². The van der Waals surface area contributed by atoms with Gasteiger partial charge in [0.15, 0.2) is 0 Å². The Morgan fingerprint density at radius 1 is 1.30 bits per heavy atom. The molecule has 0 heterocycles. The van der Waals surface area contributed by atoms with Crippen molar-refractivity contribution < 1.29 is 15.3 Å². The summed E-state index contributed by atoms with van der Waals surface area (Å²) >= 11 is 3.24. The van der Waals surface area contributed by atoms with Crippen molar-refractivity contribution in [1.29, 1.82) is 0 Å². The number of allylic oxidation sites excluding steroid dienone is 2. The summed E-state index contributed by atoms with van der Waals surface area (Å²) in [6.07, 6.45) is 1.97. The van der Waals surface area contributed by atoms with Gasteiger partial charge in [-0.05, 0) is 43.9 Å². The summed E-state index contributed by atoms with van der Waals surface area (Å²) in [4.78, 5) is 0. The van der Waals surface area contributed by atoms with Crippen LogP contribution in [0.15, 0.2) is 40.4 Å². The first-order chi connectivity index (χ1) is 9.31. The SMILES string of the molecule is C=C(C)C1CC(O)C(C)=CC1c1c(O)cc(Br)cc1O. The third-order valence-corrected chi connectivity index (χ3v) is 4.40. The minimum atomic E-state index is -0.493. The molecule has 1 aromatic carbocycles. The number of hydrogen-bond acceptors (Lipinski definition) is 3. The fourth-order valence-electron chi connectivity index (χ4n) is 2.81. The summed E-state index contributed by atoms with van der Waals surface area (Å²) < 4.78 is 0.625. The first-order valence-electron chi connectivity index (χ1n) is 6.54. The summed E-state index contributed by atoms with van der Waals surface area (Å²) in [5.41, 5.74) is 2.28. The summed E-state index contributed by atoms with van der Waals surface area (Å²) in [6, 6.07) is 3.14. The average Bonchev–Trinajstić information content (AvgIpc) is 2.31. The smallest absolute Gasteiger partial charge is 0.124 e. The Labute approximate surface area is 127 Å². The first kappa shape index (κ1) is 15.1. The minimum Gasteiger partial charge on any atom is -0.507 e. The molecule has 0 fully saturated rings. The largest absolute Gasteiger partial charge is 0.507 e. The summed E-state index contributed by atoms with van der Waals surface area (Å²) in [6.45, 7) is 7.75. The molecule has 2 rings (SSSR count). The second-order valence-corrected chi connectivity index (χ2v) is 6.41. The van der Waals surface area contributed by atoms with Gasteiger partial charge in [0.25, 0.3) is 0 Å². The van der Waals surface area contributed by atoms with Gasteiger partial charge in [0.05, 0.1) is 6.10 Å². The second kappa shape index (κ2) is 5.62. The van der Waals surface area contributed by atoms with E-state index in [9.17, 15) is 15.3 Å². The number of hydrogen-bond donors (Lipinski definition) is 3. The van der Waals surface area contributed by atoms with Gasteiger partial charge in [-0.3, -0.25) is 0 Å². The number of phenolic OH excluding ortho intramolecular Hbond substituents is 2. The van der Waals surface area contributed by atoms with Crippen LogP contribution in [-0.4, -0.2) is 21.4 Å². The van der Waals surface area contributed by atoms with Crippen molar-refractivity contribution in [3.63, 3.8) is 0 Å². The van der Waals surface area contributed by atoms with Crippen molar-refractivity contribution in [1.82, 2.24) is 0 Å². The third-order valence-electron chi connectivity index (χ3n) is 3.95. The molecular weight excluding hydrogens is 320 g/mol. The molecule has 0 spiro atoms. The number of aromatic hydroxyl groups is 2. The Morgan fingerprint density at radius 3 is 2.35 bits per heavy atom. The van der Waals surface area contributed by atoms with Gasteiger partial charge in [-0.15, -0.1) is 0 Å². The van der Waals surface area contributed by atoms with Gasteiger partial charge >= 0.3 is 0 Å². The molecule has 0 aliphatic heterocycles. The van der Waals surface area contributed by atoms with E-state index in [-0.39, 0.29) is 23.3 Å². The summed E-state index contributed by atoms with van der Waals surface area (Å²) in [7, 11) is 0. The van der Waals surface area contributed by atoms with Gasteiger partial charge in [0.2, 0.25) is 0 Å². The van der Waals surface area contributed by atoms with E-state index in [1.165, 1.54) is 0 Å². The minimum absolute atomic E-state index is 0.00771. The van der Waals surface area contributed by atoms with E-state index in [4.69, 9.17) is 0 Å². The highest BCUT2D eigenvalue weighted by Crippen LogP contribution is 2.46. The molecule has 3 nitrogen and oxygen atoms in total. The lowest BCUT2D eigenvalue weighted by Crippen LogP contribution is -2.26. The second-order valence-electron chi connectivity index (χ2n) is 5.50. The van der Waals surface area contributed by atoms with Gasteiger partial charge in [-0.2, -0.15) is 0 Å². The molecule has 20 heavy (non-hydrogen) atoms. The van der Waals surface area contributed by atoms with Crippen LogP contribution in [0.2, 0.25) is 0 Å². The Morgan fingerprint density at radius 2 is 1.85 bits per heavy atom. The summed E-state index contributed by atoms with van der Waals surface area (Å²) in [5, 5.41) is 30.3. The lowest BCUT2D eigenvalue weighted by atomic mass is 9.73. The monoisotopic (exact) mass is 338 g/mol. The predicted molar refractivity (Wildman–Crippen MR) is 82.9 cm³/mol. The third kappa shape index (κ3) is 2.76. The van der Waals surface area contributed by atoms with Crippen molar-refractivity contribution in [3.8, 4) is 11.5 Å². The van der Waals surface area contributed by atoms with Crippen LogP contribution in [0, 0.1) is 5.92 Å². The van der Waals surface area contributed by atoms with E-state index < -0.39 is 6.10 Å². The first-order valence-corrected chi connectivity index (χ1v) is 7.33. The summed E-state index contributed by atoms with van der Waals surface area (Å²) in [5.74, 6) is -0.0854. The van der Waals surface area contributed by atoms with Gasteiger partial charge in [-0.25, -0.2) is 0 Å². The van der Waals surface area contributed by atoms with Crippen LogP contribution in [0.1, 0.15) is 31.7 Å². The zero-order valence-electron chi connectivity index (χ0n) is 11.6. The maximum absolute atomic E-state index is 10.2. The zero-order chi connectivity index (χ0) is 15.0. The lowest BCUT2D eigenvalue weighted by molar-refractivity contribution is 0.168. The van der Waals surface area contributed by atoms with Crippen LogP contribution in [0.3, 0.4) is 0 Å². The number of benzene rings is 1. The standard InChI is InChI=1S/C16H19BrO3/c1-8(2)11-7-13(18)9(3)4-12(11)16-14(19)5-10(17)6-15(16)20/h4-6,11-13,18-20H,1,7H2,2-3H3. The Bertz CT molecular complexity index is 554. The molecule has 0 saturated carbocycles. The van der Waals surface area contributed by atoms with Crippen LogP contribution in [0.25, 0.3) is 0 Å². The average molecular weight is 339 g/mol. The molecular formula is C16H19BrO3. The van der Waals surface area contributed by atoms with Crippen molar-refractivity contribution in [2.45, 2.75) is 32.3 Å². The molecule has 108 valence electrons. The Hall–Kier alpha value is -1.26. The number of aliphatic hydroxyl groups is 1. The van der Waals surface area contributed by atoms with E-state index in [0.29, 0.717) is 16.5 Å². The van der Waals surface area contributed by atoms with Crippen LogP contribution < -0.4 is 0 Å². The molecule has 0 saturated heterocycles. The van der Waals surface area contributed by atoms with E-state index in [0.717, 1.165) is 11.1 Å². The fourth-order valence-corrected chi connectivity index (χ4v) is 3.24. The molecule has 0 aromatic heterocycles. The molecule has 0 amide bonds. The van der Waals surface area contributed by atoms with Crippen LogP contribution in [0.5, 0.6) is 11.5 Å². The highest BCUT2D eigenvalue weighted by Gasteiger charge is 2.33. The van der Waals surface area contributed by atoms with Crippen molar-refractivity contribution in [2.75, 3.05) is 0 Å². The van der Waals surface area contributed by atoms with E-state index in [2.05, 4.69) is 22.5 Å². The molecule has 0 bridgehead atoms. The molecule has 3 atom stereocenters. The molecule has 3 N–H and O–H groups in total. The normalized spacial score (nSPS) is 26.2. The number of phenols is 2. The predicted octanol–water partition coefficient (Wildman–Crippen LogP) is 3.85. The Kier molecular flexibility index (Phi) is 4.25. The zero-order valence-corrected chi connectivity index (χ0v) is 13.2. The lowest BCUT2D eigenvalue weighted by Gasteiger charge is -2.34. The number of aliphatic hydroxyl groups excluding tert-OH is 1. The molecule has 3 unspecified atom stereocenters. The molecule has 1 aliphatic carbocycles. The number of halogens is 1. The van der Waals surface area contributed by atoms with Crippen molar-refractivity contribution in [3.05, 3.63) is 46.0 Å². The molecule has 0 radical (unpaired) electrons. The topological polar surface area (TPSA) is 60.7 Å². The van der Waals surface area contributed by atoms with E-state index in [1.54, 1.807) is 12.1 Å². The Balaban J connectivity index is 2.56.